The van der Waals surface area contributed by atoms with Crippen molar-refractivity contribution in [2.75, 3.05) is 11.9 Å². The van der Waals surface area contributed by atoms with E-state index < -0.39 is 10.5 Å². The van der Waals surface area contributed by atoms with Crippen LogP contribution in [0.5, 0.6) is 0 Å². The molecule has 0 saturated carbocycles. The number of anilines is 1. The molecule has 0 saturated heterocycles. The van der Waals surface area contributed by atoms with Crippen molar-refractivity contribution >= 4 is 11.5 Å². The molecule has 1 atom stereocenters. The maximum absolute atomic E-state index is 10.6. The van der Waals surface area contributed by atoms with E-state index in [-0.39, 0.29) is 17.2 Å². The molecular weight excluding hydrogens is 246 g/mol. The molecular formula is C12H17N5O2. The zero-order chi connectivity index (χ0) is 14.6. The molecule has 0 fully saturated rings. The Morgan fingerprint density at radius 3 is 2.74 bits per heavy atom. The van der Waals surface area contributed by atoms with E-state index in [2.05, 4.69) is 10.3 Å². The van der Waals surface area contributed by atoms with Gasteiger partial charge in [0.25, 0.3) is 5.69 Å². The summed E-state index contributed by atoms with van der Waals surface area (Å²) in [6.45, 7) is 6.27. The molecule has 0 aliphatic carbocycles. The Hall–Kier alpha value is -2.20. The van der Waals surface area contributed by atoms with E-state index in [0.29, 0.717) is 12.4 Å². The van der Waals surface area contributed by atoms with Gasteiger partial charge in [-0.05, 0) is 12.8 Å². The van der Waals surface area contributed by atoms with Gasteiger partial charge in [0.2, 0.25) is 0 Å². The normalized spacial score (nSPS) is 13.7. The van der Waals surface area contributed by atoms with E-state index in [0.717, 1.165) is 6.20 Å². The first-order valence-electron chi connectivity index (χ1n) is 5.87. The Balaban J connectivity index is 3.15. The largest absolute Gasteiger partial charge is 0.362 e. The van der Waals surface area contributed by atoms with E-state index in [1.54, 1.807) is 0 Å². The first kappa shape index (κ1) is 14.9. The van der Waals surface area contributed by atoms with Crippen LogP contribution >= 0.6 is 0 Å². The third-order valence-electron chi connectivity index (χ3n) is 3.31. The molecule has 102 valence electrons. The number of aromatic nitrogens is 1. The van der Waals surface area contributed by atoms with Crippen LogP contribution in [0.3, 0.4) is 0 Å². The summed E-state index contributed by atoms with van der Waals surface area (Å²) in [7, 11) is 0. The lowest BCUT2D eigenvalue weighted by Crippen LogP contribution is -2.47. The van der Waals surface area contributed by atoms with E-state index in [1.807, 2.05) is 26.8 Å². The monoisotopic (exact) mass is 263 g/mol. The van der Waals surface area contributed by atoms with Crippen LogP contribution < -0.4 is 11.1 Å². The fourth-order valence-electron chi connectivity index (χ4n) is 1.44. The number of hydrogen-bond acceptors (Lipinski definition) is 6. The predicted molar refractivity (Wildman–Crippen MR) is 71.5 cm³/mol. The minimum atomic E-state index is -0.581. The average Bonchev–Trinajstić information content (AvgIpc) is 2.38. The number of nitrogens with zero attached hydrogens (tertiary/aromatic N) is 3. The summed E-state index contributed by atoms with van der Waals surface area (Å²) in [5.41, 5.74) is 5.23. The molecule has 1 heterocycles. The highest BCUT2D eigenvalue weighted by molar-refractivity contribution is 5.56. The first-order chi connectivity index (χ1) is 8.84. The van der Waals surface area contributed by atoms with Gasteiger partial charge >= 0.3 is 0 Å². The molecule has 0 bridgehead atoms. The lowest BCUT2D eigenvalue weighted by atomic mass is 9.88. The van der Waals surface area contributed by atoms with E-state index in [9.17, 15) is 10.1 Å². The van der Waals surface area contributed by atoms with E-state index in [4.69, 9.17) is 11.0 Å². The highest BCUT2D eigenvalue weighted by Gasteiger charge is 2.28. The fourth-order valence-corrected chi connectivity index (χ4v) is 1.44. The number of nitrogens with two attached hydrogens (primary N) is 1. The van der Waals surface area contributed by atoms with Gasteiger partial charge < -0.3 is 11.1 Å². The third kappa shape index (κ3) is 3.17. The van der Waals surface area contributed by atoms with E-state index >= 15 is 0 Å². The molecule has 19 heavy (non-hydrogen) atoms. The van der Waals surface area contributed by atoms with Crippen LogP contribution in [-0.2, 0) is 0 Å². The second-order valence-electron chi connectivity index (χ2n) is 4.86. The SMILES string of the molecule is CC(C)C(C)(CN)Nc1ncc([N+](=O)[O-])cc1C#N. The van der Waals surface area contributed by atoms with E-state index in [1.165, 1.54) is 6.07 Å². The second-order valence-corrected chi connectivity index (χ2v) is 4.86. The number of nitriles is 1. The van der Waals surface area contributed by atoms with Crippen molar-refractivity contribution in [3.8, 4) is 6.07 Å². The number of hydrogen-bond donors (Lipinski definition) is 2. The summed E-state index contributed by atoms with van der Waals surface area (Å²) in [5.74, 6) is 0.524. The molecule has 0 aliphatic rings. The first-order valence-corrected chi connectivity index (χ1v) is 5.87. The molecule has 3 N–H and O–H groups in total. The van der Waals surface area contributed by atoms with Crippen molar-refractivity contribution in [3.63, 3.8) is 0 Å². The Morgan fingerprint density at radius 2 is 2.32 bits per heavy atom. The maximum atomic E-state index is 10.6. The van der Waals surface area contributed by atoms with Gasteiger partial charge in [-0.15, -0.1) is 0 Å². The van der Waals surface area contributed by atoms with Gasteiger partial charge in [-0.2, -0.15) is 5.26 Å². The van der Waals surface area contributed by atoms with Crippen LogP contribution in [-0.4, -0.2) is 22.0 Å². The van der Waals surface area contributed by atoms with Gasteiger partial charge in [0.05, 0.1) is 10.5 Å². The van der Waals surface area contributed by atoms with Gasteiger partial charge in [0.15, 0.2) is 0 Å². The van der Waals surface area contributed by atoms with Crippen molar-refractivity contribution < 1.29 is 4.92 Å². The molecule has 7 nitrogen and oxygen atoms in total. The number of nitro groups is 1. The highest BCUT2D eigenvalue weighted by Crippen LogP contribution is 2.25. The quantitative estimate of drug-likeness (QED) is 0.616. The van der Waals surface area contributed by atoms with Gasteiger partial charge in [0, 0.05) is 12.6 Å². The lowest BCUT2D eigenvalue weighted by Gasteiger charge is -2.34. The fraction of sp³-hybridized carbons (Fsp3) is 0.500. The van der Waals surface area contributed by atoms with Crippen LogP contribution in [0.25, 0.3) is 0 Å². The van der Waals surface area contributed by atoms with Gasteiger partial charge in [-0.1, -0.05) is 13.8 Å². The van der Waals surface area contributed by atoms with Crippen LogP contribution in [0, 0.1) is 27.4 Å². The third-order valence-corrected chi connectivity index (χ3v) is 3.31. The molecule has 0 radical (unpaired) electrons. The average molecular weight is 263 g/mol. The molecule has 1 aromatic heterocycles. The van der Waals surface area contributed by atoms with Gasteiger partial charge in [0.1, 0.15) is 23.6 Å². The summed E-state index contributed by atoms with van der Waals surface area (Å²) in [4.78, 5) is 14.0. The summed E-state index contributed by atoms with van der Waals surface area (Å²) < 4.78 is 0. The number of rotatable bonds is 5. The number of nitrogens with one attached hydrogen (secondary N) is 1. The van der Waals surface area contributed by atoms with Crippen molar-refractivity contribution in [1.29, 1.82) is 5.26 Å². The predicted octanol–water partition coefficient (Wildman–Crippen LogP) is 1.65. The Morgan fingerprint density at radius 1 is 1.68 bits per heavy atom. The summed E-state index contributed by atoms with van der Waals surface area (Å²) in [6.07, 6.45) is 1.13. The highest BCUT2D eigenvalue weighted by atomic mass is 16.6. The van der Waals surface area contributed by atoms with Gasteiger partial charge in [-0.3, -0.25) is 10.1 Å². The molecule has 1 rings (SSSR count). The molecule has 0 aliphatic heterocycles. The Labute approximate surface area is 111 Å². The van der Waals surface area contributed by atoms with Crippen LogP contribution in [0.15, 0.2) is 12.3 Å². The molecule has 1 aromatic rings. The maximum Gasteiger partial charge on any atom is 0.289 e. The lowest BCUT2D eigenvalue weighted by molar-refractivity contribution is -0.385. The second kappa shape index (κ2) is 5.63. The summed E-state index contributed by atoms with van der Waals surface area (Å²) in [6, 6.07) is 3.11. The van der Waals surface area contributed by atoms with Crippen LogP contribution in [0.4, 0.5) is 11.5 Å². The summed E-state index contributed by atoms with van der Waals surface area (Å²) in [5, 5.41) is 22.8. The number of pyridine rings is 1. The van der Waals surface area contributed by atoms with Crippen LogP contribution in [0.1, 0.15) is 26.3 Å². The minimum absolute atomic E-state index is 0.134. The van der Waals surface area contributed by atoms with Crippen molar-refractivity contribution in [2.24, 2.45) is 11.7 Å². The molecule has 7 heteroatoms. The molecule has 0 amide bonds. The molecule has 1 unspecified atom stereocenters. The topological polar surface area (TPSA) is 118 Å². The molecule has 0 spiro atoms. The van der Waals surface area contributed by atoms with Crippen LogP contribution in [0.2, 0.25) is 0 Å². The van der Waals surface area contributed by atoms with Crippen molar-refractivity contribution in [2.45, 2.75) is 26.3 Å². The van der Waals surface area contributed by atoms with Crippen molar-refractivity contribution in [1.82, 2.24) is 4.98 Å². The zero-order valence-corrected chi connectivity index (χ0v) is 11.2. The standard InChI is InChI=1S/C12H17N5O2/c1-8(2)12(3,7-14)16-11-9(5-13)4-10(6-15-11)17(18)19/h4,6,8H,7,14H2,1-3H3,(H,15,16). The Kier molecular flexibility index (Phi) is 4.40. The van der Waals surface area contributed by atoms with Crippen molar-refractivity contribution in [3.05, 3.63) is 27.9 Å². The Bertz CT molecular complexity index is 523. The smallest absolute Gasteiger partial charge is 0.289 e. The summed E-state index contributed by atoms with van der Waals surface area (Å²) >= 11 is 0. The minimum Gasteiger partial charge on any atom is -0.362 e. The zero-order valence-electron chi connectivity index (χ0n) is 11.2. The van der Waals surface area contributed by atoms with Gasteiger partial charge in [-0.25, -0.2) is 4.98 Å². The molecule has 0 aromatic carbocycles.